The van der Waals surface area contributed by atoms with Gasteiger partial charge in [0.25, 0.3) is 5.91 Å². The first-order valence-electron chi connectivity index (χ1n) is 7.28. The molecule has 0 spiro atoms. The Labute approximate surface area is 162 Å². The number of methoxy groups -OCH3 is 1. The zero-order valence-corrected chi connectivity index (χ0v) is 16.7. The van der Waals surface area contributed by atoms with Gasteiger partial charge >= 0.3 is 0 Å². The zero-order valence-electron chi connectivity index (χ0n) is 13.5. The fourth-order valence-electron chi connectivity index (χ4n) is 2.02. The average molecular weight is 472 g/mol. The predicted octanol–water partition coefficient (Wildman–Crippen LogP) is 4.09. The standard InChI is InChI=1S/C17H16Br2N2O4/c1-3-25-15-7-10(6-13(19)16(15)22)9-20-21-17(23)12-8-11(18)4-5-14(12)24-2/h4-9,22H,3H2,1-2H3,(H,21,23)/b20-9+. The molecule has 0 saturated carbocycles. The molecule has 1 amide bonds. The third kappa shape index (κ3) is 4.96. The number of phenols is 1. The van der Waals surface area contributed by atoms with Crippen molar-refractivity contribution < 1.29 is 19.4 Å². The van der Waals surface area contributed by atoms with Crippen LogP contribution in [0.5, 0.6) is 17.2 Å². The fraction of sp³-hybridized carbons (Fsp3) is 0.176. The molecule has 0 unspecified atom stereocenters. The van der Waals surface area contributed by atoms with Gasteiger partial charge in [0.15, 0.2) is 11.5 Å². The minimum atomic E-state index is -0.405. The van der Waals surface area contributed by atoms with E-state index in [2.05, 4.69) is 42.4 Å². The number of halogens is 2. The molecule has 2 aromatic carbocycles. The maximum Gasteiger partial charge on any atom is 0.275 e. The van der Waals surface area contributed by atoms with Crippen LogP contribution in [0, 0.1) is 0 Å². The molecule has 0 aliphatic rings. The summed E-state index contributed by atoms with van der Waals surface area (Å²) in [6.45, 7) is 2.24. The minimum Gasteiger partial charge on any atom is -0.503 e. The van der Waals surface area contributed by atoms with Crippen LogP contribution < -0.4 is 14.9 Å². The van der Waals surface area contributed by atoms with Crippen LogP contribution in [0.2, 0.25) is 0 Å². The van der Waals surface area contributed by atoms with Crippen molar-refractivity contribution in [3.8, 4) is 17.2 Å². The second-order valence-electron chi connectivity index (χ2n) is 4.83. The number of carbonyl (C=O) groups excluding carboxylic acids is 1. The van der Waals surface area contributed by atoms with E-state index in [4.69, 9.17) is 9.47 Å². The predicted molar refractivity (Wildman–Crippen MR) is 103 cm³/mol. The molecular formula is C17H16Br2N2O4. The molecule has 0 saturated heterocycles. The average Bonchev–Trinajstić information content (AvgIpc) is 2.59. The maximum atomic E-state index is 12.3. The van der Waals surface area contributed by atoms with Crippen LogP contribution in [0.15, 0.2) is 44.4 Å². The van der Waals surface area contributed by atoms with Crippen LogP contribution in [-0.4, -0.2) is 30.9 Å². The number of amides is 1. The molecule has 0 bridgehead atoms. The summed E-state index contributed by atoms with van der Waals surface area (Å²) in [7, 11) is 1.49. The topological polar surface area (TPSA) is 80.2 Å². The lowest BCUT2D eigenvalue weighted by atomic mass is 10.2. The van der Waals surface area contributed by atoms with E-state index in [1.165, 1.54) is 13.3 Å². The van der Waals surface area contributed by atoms with Crippen molar-refractivity contribution in [2.45, 2.75) is 6.92 Å². The van der Waals surface area contributed by atoms with E-state index in [0.29, 0.717) is 33.7 Å². The molecule has 0 aliphatic carbocycles. The van der Waals surface area contributed by atoms with Gasteiger partial charge in [0, 0.05) is 4.47 Å². The summed E-state index contributed by atoms with van der Waals surface area (Å²) < 4.78 is 11.7. The lowest BCUT2D eigenvalue weighted by Gasteiger charge is -2.09. The highest BCUT2D eigenvalue weighted by Gasteiger charge is 2.12. The Kier molecular flexibility index (Phi) is 6.83. The number of aromatic hydroxyl groups is 1. The Morgan fingerprint density at radius 2 is 2.04 bits per heavy atom. The highest BCUT2D eigenvalue weighted by Crippen LogP contribution is 2.35. The second kappa shape index (κ2) is 8.87. The van der Waals surface area contributed by atoms with Crippen LogP contribution >= 0.6 is 31.9 Å². The fourth-order valence-corrected chi connectivity index (χ4v) is 2.84. The summed E-state index contributed by atoms with van der Waals surface area (Å²) >= 11 is 6.57. The number of hydrogen-bond donors (Lipinski definition) is 2. The van der Waals surface area contributed by atoms with Crippen molar-refractivity contribution in [3.05, 3.63) is 50.4 Å². The van der Waals surface area contributed by atoms with Gasteiger partial charge in [-0.2, -0.15) is 5.10 Å². The third-order valence-electron chi connectivity index (χ3n) is 3.14. The van der Waals surface area contributed by atoms with Gasteiger partial charge in [-0.25, -0.2) is 5.43 Å². The van der Waals surface area contributed by atoms with Crippen molar-refractivity contribution in [3.63, 3.8) is 0 Å². The maximum absolute atomic E-state index is 12.3. The molecule has 0 heterocycles. The Hall–Kier alpha value is -2.06. The van der Waals surface area contributed by atoms with Crippen LogP contribution in [-0.2, 0) is 0 Å². The largest absolute Gasteiger partial charge is 0.503 e. The monoisotopic (exact) mass is 470 g/mol. The molecular weight excluding hydrogens is 456 g/mol. The zero-order chi connectivity index (χ0) is 18.4. The number of hydrazone groups is 1. The summed E-state index contributed by atoms with van der Waals surface area (Å²) in [5, 5.41) is 13.8. The molecule has 2 aromatic rings. The lowest BCUT2D eigenvalue weighted by Crippen LogP contribution is -2.18. The summed E-state index contributed by atoms with van der Waals surface area (Å²) in [6.07, 6.45) is 1.45. The second-order valence-corrected chi connectivity index (χ2v) is 6.60. The Bertz CT molecular complexity index is 809. The van der Waals surface area contributed by atoms with E-state index in [-0.39, 0.29) is 5.75 Å². The molecule has 0 atom stereocenters. The third-order valence-corrected chi connectivity index (χ3v) is 4.23. The van der Waals surface area contributed by atoms with Gasteiger partial charge in [-0.15, -0.1) is 0 Å². The lowest BCUT2D eigenvalue weighted by molar-refractivity contribution is 0.0952. The summed E-state index contributed by atoms with van der Waals surface area (Å²) in [6, 6.07) is 8.40. The first-order chi connectivity index (χ1) is 12.0. The molecule has 132 valence electrons. The highest BCUT2D eigenvalue weighted by atomic mass is 79.9. The smallest absolute Gasteiger partial charge is 0.275 e. The van der Waals surface area contributed by atoms with Crippen molar-refractivity contribution in [2.75, 3.05) is 13.7 Å². The molecule has 25 heavy (non-hydrogen) atoms. The van der Waals surface area contributed by atoms with Crippen molar-refractivity contribution >= 4 is 44.0 Å². The highest BCUT2D eigenvalue weighted by molar-refractivity contribution is 9.10. The normalized spacial score (nSPS) is 10.7. The van der Waals surface area contributed by atoms with Crippen LogP contribution in [0.25, 0.3) is 0 Å². The molecule has 6 nitrogen and oxygen atoms in total. The first-order valence-corrected chi connectivity index (χ1v) is 8.87. The van der Waals surface area contributed by atoms with E-state index in [0.717, 1.165) is 4.47 Å². The van der Waals surface area contributed by atoms with E-state index in [9.17, 15) is 9.90 Å². The first kappa shape index (κ1) is 19.3. The van der Waals surface area contributed by atoms with Gasteiger partial charge in [-0.1, -0.05) is 15.9 Å². The SMILES string of the molecule is CCOc1cc(/C=N/NC(=O)c2cc(Br)ccc2OC)cc(Br)c1O. The van der Waals surface area contributed by atoms with Crippen molar-refractivity contribution in [1.82, 2.24) is 5.43 Å². The number of hydrogen-bond acceptors (Lipinski definition) is 5. The summed E-state index contributed by atoms with van der Waals surface area (Å²) in [5.41, 5.74) is 3.45. The molecule has 2 rings (SSSR count). The van der Waals surface area contributed by atoms with Gasteiger partial charge in [0.1, 0.15) is 5.75 Å². The molecule has 0 fully saturated rings. The van der Waals surface area contributed by atoms with Gasteiger partial charge in [0.05, 0.1) is 30.0 Å². The van der Waals surface area contributed by atoms with Crippen molar-refractivity contribution in [1.29, 1.82) is 0 Å². The van der Waals surface area contributed by atoms with Gasteiger partial charge < -0.3 is 14.6 Å². The van der Waals surface area contributed by atoms with E-state index >= 15 is 0 Å². The molecule has 0 aromatic heterocycles. The van der Waals surface area contributed by atoms with Crippen LogP contribution in [0.4, 0.5) is 0 Å². The number of nitrogens with one attached hydrogen (secondary N) is 1. The quantitative estimate of drug-likeness (QED) is 0.491. The number of rotatable bonds is 6. The Morgan fingerprint density at radius 3 is 2.72 bits per heavy atom. The van der Waals surface area contributed by atoms with Gasteiger partial charge in [-0.3, -0.25) is 4.79 Å². The Balaban J connectivity index is 2.16. The number of nitrogens with zero attached hydrogens (tertiary/aromatic N) is 1. The van der Waals surface area contributed by atoms with E-state index in [1.54, 1.807) is 30.3 Å². The summed E-state index contributed by atoms with van der Waals surface area (Å²) in [4.78, 5) is 12.3. The minimum absolute atomic E-state index is 0.0157. The number of benzene rings is 2. The molecule has 8 heteroatoms. The molecule has 0 radical (unpaired) electrons. The Morgan fingerprint density at radius 1 is 1.28 bits per heavy atom. The van der Waals surface area contributed by atoms with Crippen LogP contribution in [0.3, 0.4) is 0 Å². The van der Waals surface area contributed by atoms with Crippen LogP contribution in [0.1, 0.15) is 22.8 Å². The number of carbonyl (C=O) groups is 1. The molecule has 2 N–H and O–H groups in total. The summed E-state index contributed by atoms with van der Waals surface area (Å²) in [5.74, 6) is 0.388. The number of phenolic OH excluding ortho intramolecular Hbond substituents is 1. The van der Waals surface area contributed by atoms with Crippen molar-refractivity contribution in [2.24, 2.45) is 5.10 Å². The van der Waals surface area contributed by atoms with E-state index in [1.807, 2.05) is 6.92 Å². The van der Waals surface area contributed by atoms with E-state index < -0.39 is 5.91 Å². The van der Waals surface area contributed by atoms with Gasteiger partial charge in [-0.05, 0) is 58.7 Å². The van der Waals surface area contributed by atoms with Gasteiger partial charge in [0.2, 0.25) is 0 Å². The molecule has 0 aliphatic heterocycles. The number of ether oxygens (including phenoxy) is 2.